The number of rotatable bonds is 11. The minimum Gasteiger partial charge on any atom is -0.348 e. The predicted molar refractivity (Wildman–Crippen MR) is 116 cm³/mol. The first-order valence-electron chi connectivity index (χ1n) is 10.1. The third-order valence-corrected chi connectivity index (χ3v) is 5.86. The summed E-state index contributed by atoms with van der Waals surface area (Å²) in [6, 6.07) is 9.96. The molecule has 0 saturated heterocycles. The average molecular weight is 401 g/mol. The lowest BCUT2D eigenvalue weighted by Gasteiger charge is -2.21. The summed E-state index contributed by atoms with van der Waals surface area (Å²) in [6.45, 7) is 7.96. The lowest BCUT2D eigenvalue weighted by molar-refractivity contribution is -0.120. The van der Waals surface area contributed by atoms with Crippen molar-refractivity contribution in [2.45, 2.75) is 65.8 Å². The Bertz CT molecular complexity index is 755. The second kappa shape index (κ2) is 11.1. The number of aryl methyl sites for hydroxylation is 1. The molecule has 0 saturated carbocycles. The van der Waals surface area contributed by atoms with E-state index in [0.29, 0.717) is 24.5 Å². The molecule has 1 unspecified atom stereocenters. The van der Waals surface area contributed by atoms with Crippen molar-refractivity contribution in [2.75, 3.05) is 0 Å². The molecule has 0 aliphatic heterocycles. The first-order valence-corrected chi connectivity index (χ1v) is 11.0. The van der Waals surface area contributed by atoms with Crippen molar-refractivity contribution in [2.24, 2.45) is 11.8 Å². The number of nitrogens with one attached hydrogen (secondary N) is 1. The molecular formula is C23H32N2O2S. The van der Waals surface area contributed by atoms with Gasteiger partial charge in [-0.3, -0.25) is 9.59 Å². The molecule has 28 heavy (non-hydrogen) atoms. The molecule has 5 heteroatoms. The van der Waals surface area contributed by atoms with Crippen LogP contribution in [0.25, 0.3) is 0 Å². The second-order valence-corrected chi connectivity index (χ2v) is 8.96. The van der Waals surface area contributed by atoms with Crippen LogP contribution in [0, 0.1) is 11.8 Å². The molecule has 0 aliphatic rings. The molecule has 0 aliphatic carbocycles. The number of carbonyl (C=O) groups is 2. The highest BCUT2D eigenvalue weighted by atomic mass is 32.1. The van der Waals surface area contributed by atoms with Crippen LogP contribution in [-0.4, -0.2) is 22.7 Å². The van der Waals surface area contributed by atoms with Crippen LogP contribution in [0.4, 0.5) is 0 Å². The summed E-state index contributed by atoms with van der Waals surface area (Å²) in [6.07, 6.45) is 4.52. The van der Waals surface area contributed by atoms with Crippen molar-refractivity contribution in [1.82, 2.24) is 10.3 Å². The number of hydrogen-bond acceptors (Lipinski definition) is 4. The van der Waals surface area contributed by atoms with E-state index in [9.17, 15) is 9.59 Å². The van der Waals surface area contributed by atoms with Crippen molar-refractivity contribution in [1.29, 1.82) is 0 Å². The second-order valence-electron chi connectivity index (χ2n) is 8.02. The molecule has 0 fully saturated rings. The number of ketones is 1. The Morgan fingerprint density at radius 3 is 2.50 bits per heavy atom. The number of benzene rings is 1. The zero-order valence-corrected chi connectivity index (χ0v) is 18.2. The summed E-state index contributed by atoms with van der Waals surface area (Å²) in [5, 5.41) is 5.97. The Labute approximate surface area is 172 Å². The molecule has 1 heterocycles. The van der Waals surface area contributed by atoms with Crippen molar-refractivity contribution >= 4 is 23.0 Å². The van der Waals surface area contributed by atoms with Gasteiger partial charge in [0.05, 0.1) is 5.01 Å². The third-order valence-electron chi connectivity index (χ3n) is 4.95. The maximum absolute atomic E-state index is 12.7. The predicted octanol–water partition coefficient (Wildman–Crippen LogP) is 5.08. The third kappa shape index (κ3) is 7.55. The lowest BCUT2D eigenvalue weighted by atomic mass is 9.94. The molecule has 1 amide bonds. The first kappa shape index (κ1) is 22.3. The summed E-state index contributed by atoms with van der Waals surface area (Å²) in [5.41, 5.74) is 1.63. The highest BCUT2D eigenvalue weighted by molar-refractivity contribution is 7.09. The molecule has 1 aromatic carbocycles. The number of aromatic nitrogens is 1. The number of carbonyl (C=O) groups excluding carboxylic acids is 2. The number of amides is 1. The van der Waals surface area contributed by atoms with Gasteiger partial charge in [0.2, 0.25) is 0 Å². The van der Waals surface area contributed by atoms with Gasteiger partial charge >= 0.3 is 0 Å². The Hall–Kier alpha value is -2.01. The fourth-order valence-corrected chi connectivity index (χ4v) is 3.96. The minimum absolute atomic E-state index is 0.0870. The van der Waals surface area contributed by atoms with Crippen LogP contribution >= 0.6 is 11.3 Å². The molecule has 2 rings (SSSR count). The van der Waals surface area contributed by atoms with Crippen molar-refractivity contribution in [3.05, 3.63) is 52.0 Å². The fraction of sp³-hybridized carbons (Fsp3) is 0.522. The van der Waals surface area contributed by atoms with E-state index in [4.69, 9.17) is 0 Å². The molecule has 152 valence electrons. The van der Waals surface area contributed by atoms with E-state index in [-0.39, 0.29) is 23.7 Å². The van der Waals surface area contributed by atoms with E-state index in [1.807, 2.05) is 42.6 Å². The van der Waals surface area contributed by atoms with Gasteiger partial charge in [-0.2, -0.15) is 0 Å². The smallest absolute Gasteiger partial charge is 0.270 e. The van der Waals surface area contributed by atoms with Crippen molar-refractivity contribution in [3.63, 3.8) is 0 Å². The van der Waals surface area contributed by atoms with Crippen LogP contribution in [0.3, 0.4) is 0 Å². The van der Waals surface area contributed by atoms with E-state index >= 15 is 0 Å². The van der Waals surface area contributed by atoms with E-state index in [1.54, 1.807) is 18.3 Å². The monoisotopic (exact) mass is 400 g/mol. The van der Waals surface area contributed by atoms with Gasteiger partial charge in [0.25, 0.3) is 5.91 Å². The van der Waals surface area contributed by atoms with E-state index < -0.39 is 0 Å². The average Bonchev–Trinajstić information content (AvgIpc) is 3.11. The first-order chi connectivity index (χ1) is 13.3. The zero-order valence-electron chi connectivity index (χ0n) is 17.4. The maximum Gasteiger partial charge on any atom is 0.270 e. The zero-order chi connectivity index (χ0) is 20.5. The molecule has 0 spiro atoms. The quantitative estimate of drug-likeness (QED) is 0.572. The fourth-order valence-electron chi connectivity index (χ4n) is 3.14. The standard InChI is InChI=1S/C23H32N2O2S/c1-16(2)9-8-12-22-25-21(15-28-22)23(27)24-20(13-17(3)18(4)26)14-19-10-6-5-7-11-19/h5-7,10-11,15-17,20H,8-9,12-14H2,1-4H3,(H,24,27)/t17-,20?/m0/s1. The Kier molecular flexibility index (Phi) is 8.84. The number of Topliss-reactive ketones (excluding diaryl/α,β-unsaturated/α-hetero) is 1. The molecule has 2 atom stereocenters. The highest BCUT2D eigenvalue weighted by Gasteiger charge is 2.21. The molecular weight excluding hydrogens is 368 g/mol. The van der Waals surface area contributed by atoms with Crippen molar-refractivity contribution in [3.8, 4) is 0 Å². The SMILES string of the molecule is CC(=O)[C@@H](C)CC(Cc1ccccc1)NC(=O)c1csc(CCCC(C)C)n1. The summed E-state index contributed by atoms with van der Waals surface area (Å²) >= 11 is 1.55. The van der Waals surface area contributed by atoms with Crippen molar-refractivity contribution < 1.29 is 9.59 Å². The van der Waals surface area contributed by atoms with Crippen LogP contribution in [-0.2, 0) is 17.6 Å². The van der Waals surface area contributed by atoms with Gasteiger partial charge in [-0.25, -0.2) is 4.98 Å². The van der Waals surface area contributed by atoms with Gasteiger partial charge in [0, 0.05) is 17.3 Å². The van der Waals surface area contributed by atoms with Gasteiger partial charge in [-0.15, -0.1) is 11.3 Å². The highest BCUT2D eigenvalue weighted by Crippen LogP contribution is 2.17. The Morgan fingerprint density at radius 2 is 1.86 bits per heavy atom. The Morgan fingerprint density at radius 1 is 1.14 bits per heavy atom. The normalized spacial score (nSPS) is 13.3. The molecule has 0 bridgehead atoms. The van der Waals surface area contributed by atoms with E-state index in [0.717, 1.165) is 23.4 Å². The van der Waals surface area contributed by atoms with E-state index in [2.05, 4.69) is 24.1 Å². The minimum atomic E-state index is -0.150. The van der Waals surface area contributed by atoms with Gasteiger partial charge in [0.1, 0.15) is 11.5 Å². The van der Waals surface area contributed by atoms with Gasteiger partial charge in [0.15, 0.2) is 0 Å². The molecule has 4 nitrogen and oxygen atoms in total. The largest absolute Gasteiger partial charge is 0.348 e. The van der Waals surface area contributed by atoms with Gasteiger partial charge < -0.3 is 5.32 Å². The topological polar surface area (TPSA) is 59.1 Å². The van der Waals surface area contributed by atoms with Crippen LogP contribution in [0.5, 0.6) is 0 Å². The molecule has 2 aromatic rings. The lowest BCUT2D eigenvalue weighted by Crippen LogP contribution is -2.38. The number of thiazole rings is 1. The van der Waals surface area contributed by atoms with Gasteiger partial charge in [-0.05, 0) is 44.1 Å². The van der Waals surface area contributed by atoms with Crippen LogP contribution in [0.2, 0.25) is 0 Å². The maximum atomic E-state index is 12.7. The molecule has 1 N–H and O–H groups in total. The number of nitrogens with zero attached hydrogens (tertiary/aromatic N) is 1. The Balaban J connectivity index is 2.00. The van der Waals surface area contributed by atoms with Crippen LogP contribution < -0.4 is 5.32 Å². The summed E-state index contributed by atoms with van der Waals surface area (Å²) < 4.78 is 0. The summed E-state index contributed by atoms with van der Waals surface area (Å²) in [7, 11) is 0. The number of hydrogen-bond donors (Lipinski definition) is 1. The van der Waals surface area contributed by atoms with Crippen LogP contribution in [0.15, 0.2) is 35.7 Å². The van der Waals surface area contributed by atoms with Crippen LogP contribution in [0.1, 0.15) is 68.0 Å². The molecule has 1 aromatic heterocycles. The summed E-state index contributed by atoms with van der Waals surface area (Å²) in [4.78, 5) is 29.0. The summed E-state index contributed by atoms with van der Waals surface area (Å²) in [5.74, 6) is 0.595. The molecule has 0 radical (unpaired) electrons. The van der Waals surface area contributed by atoms with E-state index in [1.165, 1.54) is 6.42 Å². The van der Waals surface area contributed by atoms with Gasteiger partial charge in [-0.1, -0.05) is 57.5 Å².